The second kappa shape index (κ2) is 7.07. The highest BCUT2D eigenvalue weighted by Gasteiger charge is 2.27. The Morgan fingerprint density at radius 2 is 2.14 bits per heavy atom. The predicted molar refractivity (Wildman–Crippen MR) is 84.2 cm³/mol. The first-order chi connectivity index (χ1) is 9.99. The summed E-state index contributed by atoms with van der Waals surface area (Å²) < 4.78 is 1.98. The molecule has 2 rings (SSSR count). The van der Waals surface area contributed by atoms with E-state index < -0.39 is 0 Å². The zero-order chi connectivity index (χ0) is 15.4. The Labute approximate surface area is 127 Å². The number of amides is 1. The second-order valence-corrected chi connectivity index (χ2v) is 6.26. The molecule has 1 aromatic rings. The van der Waals surface area contributed by atoms with Crippen molar-refractivity contribution in [2.24, 2.45) is 0 Å². The van der Waals surface area contributed by atoms with Crippen LogP contribution in [0.2, 0.25) is 0 Å². The van der Waals surface area contributed by atoms with Gasteiger partial charge in [0.1, 0.15) is 0 Å². The van der Waals surface area contributed by atoms with Crippen LogP contribution in [0.1, 0.15) is 37.1 Å². The van der Waals surface area contributed by atoms with Crippen LogP contribution >= 0.6 is 0 Å². The zero-order valence-electron chi connectivity index (χ0n) is 13.8. The predicted octanol–water partition coefficient (Wildman–Crippen LogP) is 1.83. The van der Waals surface area contributed by atoms with E-state index in [4.69, 9.17) is 0 Å². The van der Waals surface area contributed by atoms with E-state index in [-0.39, 0.29) is 11.9 Å². The Hall–Kier alpha value is -1.36. The van der Waals surface area contributed by atoms with Crippen LogP contribution in [0.15, 0.2) is 6.07 Å². The summed E-state index contributed by atoms with van der Waals surface area (Å²) in [6.45, 7) is 6.56. The van der Waals surface area contributed by atoms with Gasteiger partial charge in [0.2, 0.25) is 5.91 Å². The monoisotopic (exact) mass is 292 g/mol. The summed E-state index contributed by atoms with van der Waals surface area (Å²) in [7, 11) is 3.98. The molecular formula is C16H28N4O. The maximum Gasteiger partial charge on any atom is 0.239 e. The van der Waals surface area contributed by atoms with Gasteiger partial charge in [0.05, 0.1) is 18.3 Å². The lowest BCUT2D eigenvalue weighted by Gasteiger charge is -2.29. The number of hydrogen-bond acceptors (Lipinski definition) is 3. The van der Waals surface area contributed by atoms with Crippen LogP contribution in [0, 0.1) is 13.8 Å². The van der Waals surface area contributed by atoms with Gasteiger partial charge >= 0.3 is 0 Å². The van der Waals surface area contributed by atoms with Crippen molar-refractivity contribution >= 4 is 5.91 Å². The number of hydrogen-bond donors (Lipinski definition) is 0. The minimum atomic E-state index is 0.0537. The molecule has 0 radical (unpaired) electrons. The number of nitrogens with zero attached hydrogens (tertiary/aromatic N) is 4. The van der Waals surface area contributed by atoms with E-state index in [9.17, 15) is 4.79 Å². The fourth-order valence-corrected chi connectivity index (χ4v) is 3.07. The van der Waals surface area contributed by atoms with E-state index in [1.165, 1.54) is 12.8 Å². The van der Waals surface area contributed by atoms with Crippen LogP contribution in [0.25, 0.3) is 0 Å². The first-order valence-electron chi connectivity index (χ1n) is 7.95. The highest BCUT2D eigenvalue weighted by molar-refractivity contribution is 5.81. The normalized spacial score (nSPS) is 20.3. The third kappa shape index (κ3) is 4.06. The third-order valence-corrected chi connectivity index (χ3v) is 4.43. The van der Waals surface area contributed by atoms with Crippen LogP contribution < -0.4 is 0 Å². The molecule has 118 valence electrons. The minimum Gasteiger partial charge on any atom is -0.343 e. The summed E-state index contributed by atoms with van der Waals surface area (Å²) in [6, 6.07) is 2.12. The summed E-state index contributed by atoms with van der Waals surface area (Å²) in [5.74, 6) is 0.251. The number of likely N-dealkylation sites (N-methyl/N-ethyl adjacent to an activating group) is 2. The van der Waals surface area contributed by atoms with Crippen LogP contribution in [-0.4, -0.2) is 58.7 Å². The van der Waals surface area contributed by atoms with Gasteiger partial charge < -0.3 is 4.90 Å². The van der Waals surface area contributed by atoms with Gasteiger partial charge in [0.15, 0.2) is 0 Å². The van der Waals surface area contributed by atoms with Gasteiger partial charge in [-0.3, -0.25) is 14.4 Å². The molecular weight excluding hydrogens is 264 g/mol. The molecule has 0 bridgehead atoms. The Bertz CT molecular complexity index is 483. The lowest BCUT2D eigenvalue weighted by atomic mass is 10.1. The number of likely N-dealkylation sites (tertiary alicyclic amines) is 1. The van der Waals surface area contributed by atoms with Gasteiger partial charge in [-0.1, -0.05) is 12.8 Å². The molecule has 5 nitrogen and oxygen atoms in total. The molecule has 1 fully saturated rings. The Balaban J connectivity index is 1.91. The largest absolute Gasteiger partial charge is 0.343 e. The number of rotatable bonds is 4. The van der Waals surface area contributed by atoms with E-state index in [1.54, 1.807) is 0 Å². The molecule has 1 atom stereocenters. The van der Waals surface area contributed by atoms with Crippen LogP contribution in [0.4, 0.5) is 0 Å². The molecule has 0 aromatic carbocycles. The first-order valence-corrected chi connectivity index (χ1v) is 7.95. The highest BCUT2D eigenvalue weighted by Crippen LogP contribution is 2.16. The van der Waals surface area contributed by atoms with Crippen molar-refractivity contribution in [1.29, 1.82) is 0 Å². The van der Waals surface area contributed by atoms with Gasteiger partial charge in [0.25, 0.3) is 0 Å². The number of carbonyl (C=O) groups excluding carboxylic acids is 1. The molecule has 1 aliphatic rings. The van der Waals surface area contributed by atoms with Gasteiger partial charge in [-0.15, -0.1) is 0 Å². The van der Waals surface area contributed by atoms with Crippen molar-refractivity contribution in [2.75, 3.05) is 27.2 Å². The highest BCUT2D eigenvalue weighted by atomic mass is 16.2. The maximum absolute atomic E-state index is 12.6. The van der Waals surface area contributed by atoms with Crippen molar-refractivity contribution < 1.29 is 4.79 Å². The van der Waals surface area contributed by atoms with E-state index in [2.05, 4.69) is 30.0 Å². The summed E-state index contributed by atoms with van der Waals surface area (Å²) >= 11 is 0. The van der Waals surface area contributed by atoms with E-state index >= 15 is 0 Å². The average Bonchev–Trinajstić information content (AvgIpc) is 2.63. The summed E-state index contributed by atoms with van der Waals surface area (Å²) in [6.07, 6.45) is 4.59. The Kier molecular flexibility index (Phi) is 5.39. The molecule has 0 unspecified atom stereocenters. The van der Waals surface area contributed by atoms with Gasteiger partial charge in [-0.25, -0.2) is 0 Å². The summed E-state index contributed by atoms with van der Waals surface area (Å²) in [5, 5.41) is 4.45. The molecule has 0 saturated carbocycles. The molecule has 2 heterocycles. The van der Waals surface area contributed by atoms with Crippen molar-refractivity contribution in [3.63, 3.8) is 0 Å². The average molecular weight is 292 g/mol. The molecule has 1 amide bonds. The van der Waals surface area contributed by atoms with E-state index in [0.717, 1.165) is 37.3 Å². The molecule has 5 heteroatoms. The smallest absolute Gasteiger partial charge is 0.239 e. The molecule has 0 spiro atoms. The van der Waals surface area contributed by atoms with Crippen molar-refractivity contribution in [1.82, 2.24) is 19.6 Å². The number of carbonyl (C=O) groups is 1. The quantitative estimate of drug-likeness (QED) is 0.850. The van der Waals surface area contributed by atoms with Crippen LogP contribution in [0.5, 0.6) is 0 Å². The van der Waals surface area contributed by atoms with Crippen molar-refractivity contribution in [2.45, 2.75) is 52.1 Å². The van der Waals surface area contributed by atoms with Gasteiger partial charge in [-0.05, 0) is 46.3 Å². The van der Waals surface area contributed by atoms with Crippen molar-refractivity contribution in [3.05, 3.63) is 17.5 Å². The molecule has 1 aromatic heterocycles. The molecule has 0 aliphatic carbocycles. The Morgan fingerprint density at radius 1 is 1.38 bits per heavy atom. The van der Waals surface area contributed by atoms with Crippen LogP contribution in [-0.2, 0) is 11.3 Å². The summed E-state index contributed by atoms with van der Waals surface area (Å²) in [5.41, 5.74) is 2.19. The molecule has 1 aliphatic heterocycles. The lowest BCUT2D eigenvalue weighted by molar-refractivity contribution is -0.135. The fourth-order valence-electron chi connectivity index (χ4n) is 3.07. The standard InChI is InChI=1S/C16H28N4O/c1-13-12-14(2)20(17-13)11-10-19(4)16(21)15-8-6-5-7-9-18(15)3/h12,15H,5-11H2,1-4H3/t15-/m0/s1. The SMILES string of the molecule is Cc1cc(C)n(CCN(C)C(=O)[C@@H]2CCCCCN2C)n1. The Morgan fingerprint density at radius 3 is 2.81 bits per heavy atom. The maximum atomic E-state index is 12.6. The van der Waals surface area contributed by atoms with Gasteiger partial charge in [0, 0.05) is 19.3 Å². The first kappa shape index (κ1) is 16.0. The molecule has 0 N–H and O–H groups in total. The topological polar surface area (TPSA) is 41.4 Å². The number of aromatic nitrogens is 2. The minimum absolute atomic E-state index is 0.0537. The zero-order valence-corrected chi connectivity index (χ0v) is 13.8. The number of aryl methyl sites for hydroxylation is 2. The third-order valence-electron chi connectivity index (χ3n) is 4.43. The van der Waals surface area contributed by atoms with Crippen molar-refractivity contribution in [3.8, 4) is 0 Å². The van der Waals surface area contributed by atoms with Gasteiger partial charge in [-0.2, -0.15) is 5.10 Å². The summed E-state index contributed by atoms with van der Waals surface area (Å²) in [4.78, 5) is 16.7. The van der Waals surface area contributed by atoms with E-state index in [1.807, 2.05) is 23.6 Å². The second-order valence-electron chi connectivity index (χ2n) is 6.26. The molecule has 21 heavy (non-hydrogen) atoms. The lowest BCUT2D eigenvalue weighted by Crippen LogP contribution is -2.46. The van der Waals surface area contributed by atoms with E-state index in [0.29, 0.717) is 6.54 Å². The molecule has 1 saturated heterocycles. The van der Waals surface area contributed by atoms with Crippen LogP contribution in [0.3, 0.4) is 0 Å². The fraction of sp³-hybridized carbons (Fsp3) is 0.750.